The molecule has 5 nitrogen and oxygen atoms in total. The molecule has 0 aliphatic carbocycles. The number of furan rings is 1. The summed E-state index contributed by atoms with van der Waals surface area (Å²) in [7, 11) is 1.62. The number of rotatable bonds is 3. The van der Waals surface area contributed by atoms with Gasteiger partial charge in [0.05, 0.1) is 12.9 Å². The number of anilines is 1. The van der Waals surface area contributed by atoms with Gasteiger partial charge >= 0.3 is 0 Å². The molecule has 14 heavy (non-hydrogen) atoms. The Morgan fingerprint density at radius 1 is 1.57 bits per heavy atom. The fourth-order valence-corrected chi connectivity index (χ4v) is 1.22. The van der Waals surface area contributed by atoms with Gasteiger partial charge in [0.2, 0.25) is 5.76 Å². The molecular weight excluding hydrogens is 184 g/mol. The van der Waals surface area contributed by atoms with E-state index in [0.717, 1.165) is 5.56 Å². The van der Waals surface area contributed by atoms with E-state index in [2.05, 4.69) is 5.16 Å². The van der Waals surface area contributed by atoms with E-state index in [1.54, 1.807) is 19.4 Å². The summed E-state index contributed by atoms with van der Waals surface area (Å²) in [6.45, 7) is 0.465. The van der Waals surface area contributed by atoms with Gasteiger partial charge in [-0.05, 0) is 6.07 Å². The van der Waals surface area contributed by atoms with Gasteiger partial charge in [0.15, 0.2) is 11.6 Å². The number of nitrogen functional groups attached to an aromatic ring is 1. The highest BCUT2D eigenvalue weighted by atomic mass is 16.5. The first-order valence-corrected chi connectivity index (χ1v) is 4.09. The van der Waals surface area contributed by atoms with Gasteiger partial charge in [-0.2, -0.15) is 0 Å². The van der Waals surface area contributed by atoms with Crippen molar-refractivity contribution in [1.29, 1.82) is 0 Å². The Kier molecular flexibility index (Phi) is 2.24. The van der Waals surface area contributed by atoms with Crippen molar-refractivity contribution in [2.75, 3.05) is 12.8 Å². The van der Waals surface area contributed by atoms with Crippen molar-refractivity contribution < 1.29 is 13.7 Å². The predicted molar refractivity (Wildman–Crippen MR) is 49.3 cm³/mol. The lowest BCUT2D eigenvalue weighted by Crippen LogP contribution is -1.86. The molecule has 2 rings (SSSR count). The minimum Gasteiger partial charge on any atom is -0.461 e. The number of methoxy groups -OCH3 is 1. The molecule has 0 saturated heterocycles. The lowest BCUT2D eigenvalue weighted by atomic mass is 10.2. The van der Waals surface area contributed by atoms with Crippen LogP contribution in [-0.2, 0) is 11.3 Å². The van der Waals surface area contributed by atoms with Crippen LogP contribution in [0.3, 0.4) is 0 Å². The first kappa shape index (κ1) is 8.83. The average molecular weight is 194 g/mol. The smallest absolute Gasteiger partial charge is 0.204 e. The molecule has 0 aliphatic rings. The summed E-state index contributed by atoms with van der Waals surface area (Å²) in [5, 5.41) is 3.58. The molecule has 0 spiro atoms. The Labute approximate surface area is 80.4 Å². The molecule has 0 radical (unpaired) electrons. The summed E-state index contributed by atoms with van der Waals surface area (Å²) in [5.74, 6) is 1.45. The molecule has 0 bridgehead atoms. The first-order valence-electron chi connectivity index (χ1n) is 4.09. The van der Waals surface area contributed by atoms with E-state index in [-0.39, 0.29) is 0 Å². The van der Waals surface area contributed by atoms with Gasteiger partial charge in [-0.25, -0.2) is 0 Å². The van der Waals surface area contributed by atoms with Crippen molar-refractivity contribution in [1.82, 2.24) is 5.16 Å². The average Bonchev–Trinajstić information content (AvgIpc) is 2.74. The van der Waals surface area contributed by atoms with Crippen molar-refractivity contribution in [3.63, 3.8) is 0 Å². The molecule has 0 atom stereocenters. The molecule has 74 valence electrons. The second kappa shape index (κ2) is 3.55. The van der Waals surface area contributed by atoms with Crippen LogP contribution in [0.15, 0.2) is 27.3 Å². The Morgan fingerprint density at radius 2 is 2.43 bits per heavy atom. The fraction of sp³-hybridized carbons (Fsp3) is 0.222. The first-order chi connectivity index (χ1) is 6.81. The minimum absolute atomic E-state index is 0.333. The molecule has 0 saturated carbocycles. The Bertz CT molecular complexity index is 419. The second-order valence-corrected chi connectivity index (χ2v) is 2.82. The van der Waals surface area contributed by atoms with Crippen LogP contribution in [-0.4, -0.2) is 12.3 Å². The van der Waals surface area contributed by atoms with Gasteiger partial charge in [0.1, 0.15) is 0 Å². The molecule has 0 aromatic carbocycles. The summed E-state index contributed by atoms with van der Waals surface area (Å²) in [5.41, 5.74) is 6.34. The van der Waals surface area contributed by atoms with E-state index in [4.69, 9.17) is 19.4 Å². The zero-order chi connectivity index (χ0) is 9.97. The zero-order valence-electron chi connectivity index (χ0n) is 7.69. The van der Waals surface area contributed by atoms with Gasteiger partial charge in [-0.1, -0.05) is 5.16 Å². The van der Waals surface area contributed by atoms with Gasteiger partial charge in [-0.3, -0.25) is 0 Å². The highest BCUT2D eigenvalue weighted by Crippen LogP contribution is 2.26. The van der Waals surface area contributed by atoms with Crippen LogP contribution in [0.1, 0.15) is 5.56 Å². The van der Waals surface area contributed by atoms with E-state index < -0.39 is 0 Å². The maximum atomic E-state index is 5.43. The summed E-state index contributed by atoms with van der Waals surface area (Å²) >= 11 is 0. The standard InChI is InChI=1S/C9H10N2O3/c1-12-5-6-2-3-13-9(6)7-4-8(10)11-14-7/h2-4H,5H2,1H3,(H2,10,11). The Hall–Kier alpha value is -1.75. The second-order valence-electron chi connectivity index (χ2n) is 2.82. The van der Waals surface area contributed by atoms with Crippen LogP contribution < -0.4 is 5.73 Å². The molecule has 2 heterocycles. The van der Waals surface area contributed by atoms with E-state index in [1.165, 1.54) is 0 Å². The van der Waals surface area contributed by atoms with Crippen LogP contribution in [0.25, 0.3) is 11.5 Å². The normalized spacial score (nSPS) is 10.6. The zero-order valence-corrected chi connectivity index (χ0v) is 7.69. The van der Waals surface area contributed by atoms with Crippen molar-refractivity contribution in [3.05, 3.63) is 24.0 Å². The van der Waals surface area contributed by atoms with Crippen molar-refractivity contribution in [2.45, 2.75) is 6.61 Å². The van der Waals surface area contributed by atoms with Gasteiger partial charge in [0, 0.05) is 18.7 Å². The highest BCUT2D eigenvalue weighted by Gasteiger charge is 2.13. The summed E-state index contributed by atoms with van der Waals surface area (Å²) in [4.78, 5) is 0. The quantitative estimate of drug-likeness (QED) is 0.804. The van der Waals surface area contributed by atoms with E-state index in [0.29, 0.717) is 23.9 Å². The third kappa shape index (κ3) is 1.49. The Balaban J connectivity index is 2.36. The van der Waals surface area contributed by atoms with Crippen LogP contribution >= 0.6 is 0 Å². The van der Waals surface area contributed by atoms with Gasteiger partial charge in [0.25, 0.3) is 0 Å². The molecular formula is C9H10N2O3. The van der Waals surface area contributed by atoms with Gasteiger partial charge in [-0.15, -0.1) is 0 Å². The number of nitrogens with two attached hydrogens (primary N) is 1. The lowest BCUT2D eigenvalue weighted by Gasteiger charge is -1.96. The summed E-state index contributed by atoms with van der Waals surface area (Å²) in [6.07, 6.45) is 1.57. The molecule has 0 unspecified atom stereocenters. The summed E-state index contributed by atoms with van der Waals surface area (Å²) in [6, 6.07) is 3.43. The largest absolute Gasteiger partial charge is 0.461 e. The molecule has 0 fully saturated rings. The van der Waals surface area contributed by atoms with Crippen molar-refractivity contribution in [3.8, 4) is 11.5 Å². The maximum absolute atomic E-state index is 5.43. The number of hydrogen-bond acceptors (Lipinski definition) is 5. The summed E-state index contributed by atoms with van der Waals surface area (Å²) < 4.78 is 15.2. The molecule has 2 aromatic rings. The van der Waals surface area contributed by atoms with Crippen molar-refractivity contribution in [2.24, 2.45) is 0 Å². The topological polar surface area (TPSA) is 74.4 Å². The molecule has 5 heteroatoms. The Morgan fingerprint density at radius 3 is 3.07 bits per heavy atom. The molecule has 0 amide bonds. The number of ether oxygens (including phenoxy) is 1. The van der Waals surface area contributed by atoms with E-state index in [9.17, 15) is 0 Å². The monoisotopic (exact) mass is 194 g/mol. The third-order valence-electron chi connectivity index (χ3n) is 1.80. The maximum Gasteiger partial charge on any atom is 0.204 e. The van der Waals surface area contributed by atoms with Crippen LogP contribution in [0.4, 0.5) is 5.82 Å². The molecule has 2 aromatic heterocycles. The minimum atomic E-state index is 0.333. The SMILES string of the molecule is COCc1ccoc1-c1cc(N)no1. The van der Waals surface area contributed by atoms with E-state index >= 15 is 0 Å². The van der Waals surface area contributed by atoms with Crippen LogP contribution in [0, 0.1) is 0 Å². The molecule has 2 N–H and O–H groups in total. The van der Waals surface area contributed by atoms with Crippen molar-refractivity contribution >= 4 is 5.82 Å². The molecule has 0 aliphatic heterocycles. The highest BCUT2D eigenvalue weighted by molar-refractivity contribution is 5.57. The predicted octanol–water partition coefficient (Wildman–Crippen LogP) is 1.66. The lowest BCUT2D eigenvalue weighted by molar-refractivity contribution is 0.184. The van der Waals surface area contributed by atoms with Gasteiger partial charge < -0.3 is 19.4 Å². The number of hydrogen-bond donors (Lipinski definition) is 1. The van der Waals surface area contributed by atoms with Crippen LogP contribution in [0.2, 0.25) is 0 Å². The fourth-order valence-electron chi connectivity index (χ4n) is 1.22. The van der Waals surface area contributed by atoms with Crippen LogP contribution in [0.5, 0.6) is 0 Å². The number of nitrogens with zero attached hydrogens (tertiary/aromatic N) is 1. The number of aromatic nitrogens is 1. The third-order valence-corrected chi connectivity index (χ3v) is 1.80. The van der Waals surface area contributed by atoms with E-state index in [1.807, 2.05) is 6.07 Å².